The molecule has 9 nitrogen and oxygen atoms in total. The van der Waals surface area contributed by atoms with Gasteiger partial charge in [-0.3, -0.25) is 4.79 Å². The Morgan fingerprint density at radius 3 is 2.53 bits per heavy atom. The topological polar surface area (TPSA) is 136 Å². The first-order valence-corrected chi connectivity index (χ1v) is 11.8. The number of methoxy groups -OCH3 is 1. The second-order valence-corrected chi connectivity index (χ2v) is 10.1. The van der Waals surface area contributed by atoms with E-state index in [0.29, 0.717) is 20.9 Å². The minimum absolute atomic E-state index is 0.0214. The number of hydrogen-bond donors (Lipinski definition) is 3. The van der Waals surface area contributed by atoms with Gasteiger partial charge in [-0.05, 0) is 43.3 Å². The fourth-order valence-electron chi connectivity index (χ4n) is 2.35. The number of carbonyl (C=O) groups is 1. The quantitative estimate of drug-likeness (QED) is 0.432. The highest BCUT2D eigenvalue weighted by molar-refractivity contribution is 8.02. The zero-order chi connectivity index (χ0) is 21.7. The number of sulfonamides is 1. The Hall–Kier alpha value is -2.67. The minimum Gasteiger partial charge on any atom is -0.495 e. The molecule has 0 aliphatic carbocycles. The molecule has 3 aromatic rings. The van der Waals surface area contributed by atoms with Crippen LogP contribution in [0.4, 0.5) is 16.5 Å². The number of ether oxygens (including phenoxy) is 1. The Labute approximate surface area is 182 Å². The van der Waals surface area contributed by atoms with E-state index in [0.717, 1.165) is 5.69 Å². The number of aromatic nitrogens is 2. The van der Waals surface area contributed by atoms with Crippen molar-refractivity contribution >= 4 is 55.5 Å². The zero-order valence-corrected chi connectivity index (χ0v) is 18.5. The molecule has 0 unspecified atom stereocenters. The first-order valence-electron chi connectivity index (χ1n) is 8.60. The fourth-order valence-corrected chi connectivity index (χ4v) is 4.77. The standard InChI is InChI=1S/C18H19N5O4S3/c1-11(16(24)20-12-7-9-13(10-8-12)30(19,25)26)28-18-23-22-17(29-18)21-14-5-3-4-6-15(14)27-2/h3-11H,1-2H3,(H,20,24)(H,21,22)(H2,19,25,26)/t11-/m1/s1. The molecule has 3 rings (SSSR count). The normalized spacial score (nSPS) is 12.2. The van der Waals surface area contributed by atoms with Crippen molar-refractivity contribution in [2.24, 2.45) is 5.14 Å². The molecule has 1 aromatic heterocycles. The summed E-state index contributed by atoms with van der Waals surface area (Å²) in [6.45, 7) is 1.74. The van der Waals surface area contributed by atoms with Crippen LogP contribution in [0.25, 0.3) is 0 Å². The Morgan fingerprint density at radius 1 is 1.17 bits per heavy atom. The largest absolute Gasteiger partial charge is 0.495 e. The molecule has 0 saturated carbocycles. The Balaban J connectivity index is 1.59. The van der Waals surface area contributed by atoms with Gasteiger partial charge < -0.3 is 15.4 Å². The highest BCUT2D eigenvalue weighted by Gasteiger charge is 2.18. The van der Waals surface area contributed by atoms with Crippen molar-refractivity contribution in [3.63, 3.8) is 0 Å². The van der Waals surface area contributed by atoms with E-state index in [2.05, 4.69) is 20.8 Å². The van der Waals surface area contributed by atoms with Crippen LogP contribution in [0, 0.1) is 0 Å². The smallest absolute Gasteiger partial charge is 0.238 e. The molecule has 0 bridgehead atoms. The average Bonchev–Trinajstić information content (AvgIpc) is 3.14. The predicted molar refractivity (Wildman–Crippen MR) is 118 cm³/mol. The van der Waals surface area contributed by atoms with Gasteiger partial charge in [0, 0.05) is 5.69 Å². The average molecular weight is 466 g/mol. The third kappa shape index (κ3) is 5.69. The summed E-state index contributed by atoms with van der Waals surface area (Å²) in [5.41, 5.74) is 1.23. The first-order chi connectivity index (χ1) is 14.3. The van der Waals surface area contributed by atoms with Crippen molar-refractivity contribution in [1.29, 1.82) is 0 Å². The molecule has 0 spiro atoms. The van der Waals surface area contributed by atoms with Crippen LogP contribution in [0.2, 0.25) is 0 Å². The Morgan fingerprint density at radius 2 is 1.87 bits per heavy atom. The van der Waals surface area contributed by atoms with E-state index in [4.69, 9.17) is 9.88 Å². The second kappa shape index (κ2) is 9.43. The third-order valence-corrected chi connectivity index (χ3v) is 6.80. The number of nitrogens with zero attached hydrogens (tertiary/aromatic N) is 2. The van der Waals surface area contributed by atoms with Crippen molar-refractivity contribution in [3.8, 4) is 5.75 Å². The van der Waals surface area contributed by atoms with E-state index < -0.39 is 15.3 Å². The van der Waals surface area contributed by atoms with Gasteiger partial charge in [0.25, 0.3) is 0 Å². The maximum absolute atomic E-state index is 12.4. The van der Waals surface area contributed by atoms with Gasteiger partial charge in [0.1, 0.15) is 5.75 Å². The number of carbonyl (C=O) groups excluding carboxylic acids is 1. The molecule has 1 heterocycles. The van der Waals surface area contributed by atoms with Crippen LogP contribution in [-0.2, 0) is 14.8 Å². The number of amides is 1. The van der Waals surface area contributed by atoms with Gasteiger partial charge in [-0.2, -0.15) is 0 Å². The van der Waals surface area contributed by atoms with Crippen LogP contribution in [-0.4, -0.2) is 36.9 Å². The van der Waals surface area contributed by atoms with Crippen LogP contribution in [0.15, 0.2) is 57.8 Å². The SMILES string of the molecule is COc1ccccc1Nc1nnc(S[C@H](C)C(=O)Nc2ccc(S(N)(=O)=O)cc2)s1. The maximum atomic E-state index is 12.4. The van der Waals surface area contributed by atoms with Gasteiger partial charge in [-0.1, -0.05) is 35.2 Å². The summed E-state index contributed by atoms with van der Waals surface area (Å²) in [5.74, 6) is 0.431. The number of anilines is 3. The van der Waals surface area contributed by atoms with E-state index >= 15 is 0 Å². The van der Waals surface area contributed by atoms with Gasteiger partial charge in [-0.25, -0.2) is 13.6 Å². The number of rotatable bonds is 8. The Bertz CT molecular complexity index is 1130. The molecule has 0 saturated heterocycles. The van der Waals surface area contributed by atoms with E-state index in [1.165, 1.54) is 47.4 Å². The molecular formula is C18H19N5O4S3. The molecule has 0 aliphatic heterocycles. The molecule has 1 atom stereocenters. The fraction of sp³-hybridized carbons (Fsp3) is 0.167. The lowest BCUT2D eigenvalue weighted by Crippen LogP contribution is -2.22. The van der Waals surface area contributed by atoms with Crippen molar-refractivity contribution in [2.75, 3.05) is 17.7 Å². The Kier molecular flexibility index (Phi) is 6.92. The summed E-state index contributed by atoms with van der Waals surface area (Å²) in [5, 5.41) is 19.3. The zero-order valence-electron chi connectivity index (χ0n) is 16.0. The van der Waals surface area contributed by atoms with E-state index in [1.54, 1.807) is 14.0 Å². The number of primary sulfonamides is 1. The maximum Gasteiger partial charge on any atom is 0.238 e. The molecule has 0 fully saturated rings. The number of benzene rings is 2. The summed E-state index contributed by atoms with van der Waals surface area (Å²) >= 11 is 2.58. The highest BCUT2D eigenvalue weighted by Crippen LogP contribution is 2.33. The predicted octanol–water partition coefficient (Wildman–Crippen LogP) is 3.06. The van der Waals surface area contributed by atoms with Gasteiger partial charge in [0.15, 0.2) is 4.34 Å². The lowest BCUT2D eigenvalue weighted by Gasteiger charge is -2.10. The van der Waals surface area contributed by atoms with Gasteiger partial charge in [-0.15, -0.1) is 10.2 Å². The molecule has 4 N–H and O–H groups in total. The van der Waals surface area contributed by atoms with Crippen molar-refractivity contribution in [2.45, 2.75) is 21.4 Å². The summed E-state index contributed by atoms with van der Waals surface area (Å²) in [6, 6.07) is 13.1. The molecule has 2 aromatic carbocycles. The van der Waals surface area contributed by atoms with Crippen molar-refractivity contribution < 1.29 is 17.9 Å². The number of hydrogen-bond acceptors (Lipinski definition) is 9. The molecule has 0 aliphatic rings. The van der Waals surface area contributed by atoms with Crippen LogP contribution in [0.1, 0.15) is 6.92 Å². The molecule has 0 radical (unpaired) electrons. The first kappa shape index (κ1) is 22.0. The number of nitrogens with two attached hydrogens (primary N) is 1. The van der Waals surface area contributed by atoms with E-state index in [1.807, 2.05) is 24.3 Å². The van der Waals surface area contributed by atoms with Crippen molar-refractivity contribution in [3.05, 3.63) is 48.5 Å². The highest BCUT2D eigenvalue weighted by atomic mass is 32.2. The molecular weight excluding hydrogens is 446 g/mol. The molecule has 30 heavy (non-hydrogen) atoms. The number of para-hydroxylation sites is 2. The summed E-state index contributed by atoms with van der Waals surface area (Å²) < 4.78 is 28.5. The van der Waals surface area contributed by atoms with Gasteiger partial charge in [0.2, 0.25) is 21.1 Å². The lowest BCUT2D eigenvalue weighted by molar-refractivity contribution is -0.115. The molecule has 158 valence electrons. The van der Waals surface area contributed by atoms with Gasteiger partial charge in [0.05, 0.1) is 22.9 Å². The summed E-state index contributed by atoms with van der Waals surface area (Å²) in [4.78, 5) is 12.4. The minimum atomic E-state index is -3.77. The van der Waals surface area contributed by atoms with Crippen LogP contribution < -0.4 is 20.5 Å². The monoisotopic (exact) mass is 465 g/mol. The summed E-state index contributed by atoms with van der Waals surface area (Å²) in [6.07, 6.45) is 0. The van der Waals surface area contributed by atoms with E-state index in [9.17, 15) is 13.2 Å². The van der Waals surface area contributed by atoms with Crippen LogP contribution in [0.3, 0.4) is 0 Å². The van der Waals surface area contributed by atoms with E-state index in [-0.39, 0.29) is 10.8 Å². The number of thioether (sulfide) groups is 1. The summed E-state index contributed by atoms with van der Waals surface area (Å²) in [7, 11) is -2.19. The lowest BCUT2D eigenvalue weighted by atomic mass is 10.3. The van der Waals surface area contributed by atoms with Crippen LogP contribution in [0.5, 0.6) is 5.75 Å². The third-order valence-electron chi connectivity index (χ3n) is 3.85. The second-order valence-electron chi connectivity index (χ2n) is 6.02. The van der Waals surface area contributed by atoms with Crippen molar-refractivity contribution in [1.82, 2.24) is 10.2 Å². The number of nitrogens with one attached hydrogen (secondary N) is 2. The molecule has 12 heteroatoms. The molecule has 1 amide bonds. The van der Waals surface area contributed by atoms with Gasteiger partial charge >= 0.3 is 0 Å². The van der Waals surface area contributed by atoms with Crippen LogP contribution >= 0.6 is 23.1 Å².